The fraction of sp³-hybridized carbons (Fsp3) is 0.364. The third-order valence-corrected chi connectivity index (χ3v) is 4.71. The van der Waals surface area contributed by atoms with Crippen LogP contribution in [0.3, 0.4) is 0 Å². The van der Waals surface area contributed by atoms with Gasteiger partial charge in [-0.05, 0) is 42.5 Å². The molecule has 1 aliphatic rings. The van der Waals surface area contributed by atoms with Crippen molar-refractivity contribution in [1.82, 2.24) is 5.32 Å². The Balaban J connectivity index is 1.60. The van der Waals surface area contributed by atoms with Crippen molar-refractivity contribution in [3.05, 3.63) is 70.8 Å². The normalized spacial score (nSPS) is 16.2. The summed E-state index contributed by atoms with van der Waals surface area (Å²) in [6.07, 6.45) is 1.69. The zero-order valence-corrected chi connectivity index (χ0v) is 15.2. The molecule has 2 aromatic rings. The molecule has 136 valence electrons. The maximum absolute atomic E-state index is 12.4. The van der Waals surface area contributed by atoms with Gasteiger partial charge in [0.25, 0.3) is 0 Å². The second-order valence-electron chi connectivity index (χ2n) is 6.79. The van der Waals surface area contributed by atoms with Crippen molar-refractivity contribution in [3.63, 3.8) is 0 Å². The zero-order valence-electron chi connectivity index (χ0n) is 15.2. The molecule has 0 heterocycles. The van der Waals surface area contributed by atoms with E-state index in [-0.39, 0.29) is 24.1 Å². The Kier molecular flexibility index (Phi) is 6.18. The van der Waals surface area contributed by atoms with Crippen molar-refractivity contribution in [2.45, 2.75) is 32.7 Å². The first-order valence-corrected chi connectivity index (χ1v) is 9.21. The number of ketones is 1. The van der Waals surface area contributed by atoms with Gasteiger partial charge in [-0.15, -0.1) is 0 Å². The number of nitrogens with one attached hydrogen (secondary N) is 1. The molecule has 0 fully saturated rings. The van der Waals surface area contributed by atoms with E-state index in [0.29, 0.717) is 13.0 Å². The molecular weight excluding hydrogens is 326 g/mol. The number of hydrogen-bond donors (Lipinski definition) is 1. The summed E-state index contributed by atoms with van der Waals surface area (Å²) in [5.41, 5.74) is 4.01. The van der Waals surface area contributed by atoms with E-state index in [1.807, 2.05) is 36.4 Å². The van der Waals surface area contributed by atoms with Crippen LogP contribution in [0.15, 0.2) is 48.5 Å². The fourth-order valence-corrected chi connectivity index (χ4v) is 3.49. The van der Waals surface area contributed by atoms with Gasteiger partial charge in [-0.1, -0.05) is 48.5 Å². The van der Waals surface area contributed by atoms with Crippen LogP contribution in [0.4, 0.5) is 0 Å². The third kappa shape index (κ3) is 4.79. The highest BCUT2D eigenvalue weighted by Gasteiger charge is 2.25. The van der Waals surface area contributed by atoms with Crippen molar-refractivity contribution in [3.8, 4) is 0 Å². The molecule has 0 spiro atoms. The van der Waals surface area contributed by atoms with Gasteiger partial charge in [0.05, 0.1) is 13.0 Å². The Morgan fingerprint density at radius 2 is 1.92 bits per heavy atom. The summed E-state index contributed by atoms with van der Waals surface area (Å²) in [6, 6.07) is 16.0. The Labute approximate surface area is 154 Å². The number of ether oxygens (including phenoxy) is 1. The lowest BCUT2D eigenvalue weighted by Gasteiger charge is -2.24. The van der Waals surface area contributed by atoms with E-state index in [4.69, 9.17) is 4.74 Å². The van der Waals surface area contributed by atoms with Gasteiger partial charge < -0.3 is 10.1 Å². The molecule has 0 radical (unpaired) electrons. The average molecular weight is 351 g/mol. The van der Waals surface area contributed by atoms with Gasteiger partial charge in [-0.3, -0.25) is 9.59 Å². The average Bonchev–Trinajstić information content (AvgIpc) is 2.62. The molecule has 26 heavy (non-hydrogen) atoms. The first-order chi connectivity index (χ1) is 12.7. The topological polar surface area (TPSA) is 55.4 Å². The molecule has 1 aliphatic carbocycles. The molecule has 1 atom stereocenters. The molecular formula is C22H25NO3. The van der Waals surface area contributed by atoms with Crippen molar-refractivity contribution in [1.29, 1.82) is 0 Å². The Bertz CT molecular complexity index is 770. The summed E-state index contributed by atoms with van der Waals surface area (Å²) in [6.45, 7) is 3.80. The minimum atomic E-state index is -0.226. The van der Waals surface area contributed by atoms with Crippen LogP contribution in [0.2, 0.25) is 0 Å². The van der Waals surface area contributed by atoms with E-state index in [2.05, 4.69) is 17.4 Å². The molecule has 0 aliphatic heterocycles. The van der Waals surface area contributed by atoms with Crippen LogP contribution in [0.25, 0.3) is 0 Å². The Hall–Kier alpha value is -2.46. The molecule has 0 saturated heterocycles. The van der Waals surface area contributed by atoms with Gasteiger partial charge in [0.1, 0.15) is 0 Å². The minimum Gasteiger partial charge on any atom is -0.466 e. The van der Waals surface area contributed by atoms with E-state index in [0.717, 1.165) is 36.2 Å². The molecule has 0 bridgehead atoms. The molecule has 4 nitrogen and oxygen atoms in total. The molecule has 1 unspecified atom stereocenters. The lowest BCUT2D eigenvalue weighted by Crippen LogP contribution is -2.29. The lowest BCUT2D eigenvalue weighted by atomic mass is 9.82. The number of esters is 1. The van der Waals surface area contributed by atoms with Crippen LogP contribution < -0.4 is 5.32 Å². The van der Waals surface area contributed by atoms with Crippen LogP contribution in [-0.4, -0.2) is 24.9 Å². The van der Waals surface area contributed by atoms with E-state index in [1.165, 1.54) is 5.56 Å². The van der Waals surface area contributed by atoms with Gasteiger partial charge >= 0.3 is 5.97 Å². The number of rotatable bonds is 7. The van der Waals surface area contributed by atoms with E-state index >= 15 is 0 Å². The number of benzene rings is 2. The van der Waals surface area contributed by atoms with Gasteiger partial charge in [-0.2, -0.15) is 0 Å². The van der Waals surface area contributed by atoms with Crippen LogP contribution in [-0.2, 0) is 28.9 Å². The number of carbonyl (C=O) groups is 2. The zero-order chi connectivity index (χ0) is 18.4. The highest BCUT2D eigenvalue weighted by molar-refractivity contribution is 5.98. The number of Topliss-reactive ketones (excluding diaryl/α,β-unsaturated/α-hetero) is 1. The number of carbonyl (C=O) groups excluding carboxylic acids is 2. The van der Waals surface area contributed by atoms with Crippen molar-refractivity contribution in [2.75, 3.05) is 13.2 Å². The van der Waals surface area contributed by atoms with Gasteiger partial charge in [0.2, 0.25) is 0 Å². The quantitative estimate of drug-likeness (QED) is 0.778. The molecule has 2 aromatic carbocycles. The number of hydrogen-bond acceptors (Lipinski definition) is 4. The van der Waals surface area contributed by atoms with E-state index < -0.39 is 0 Å². The van der Waals surface area contributed by atoms with Crippen molar-refractivity contribution in [2.24, 2.45) is 5.92 Å². The van der Waals surface area contributed by atoms with Crippen molar-refractivity contribution < 1.29 is 14.3 Å². The first kappa shape index (κ1) is 18.3. The highest BCUT2D eigenvalue weighted by Crippen LogP contribution is 2.26. The van der Waals surface area contributed by atoms with E-state index in [9.17, 15) is 9.59 Å². The summed E-state index contributed by atoms with van der Waals surface area (Å²) in [4.78, 5) is 24.1. The maximum Gasteiger partial charge on any atom is 0.310 e. The fourth-order valence-electron chi connectivity index (χ4n) is 3.49. The maximum atomic E-state index is 12.4. The Morgan fingerprint density at radius 3 is 2.69 bits per heavy atom. The second-order valence-corrected chi connectivity index (χ2v) is 6.79. The largest absolute Gasteiger partial charge is 0.466 e. The number of fused-ring (bicyclic) bond motifs is 1. The molecule has 3 rings (SSSR count). The van der Waals surface area contributed by atoms with Crippen molar-refractivity contribution >= 4 is 11.8 Å². The summed E-state index contributed by atoms with van der Waals surface area (Å²) in [5, 5.41) is 3.46. The molecule has 0 aromatic heterocycles. The summed E-state index contributed by atoms with van der Waals surface area (Å²) in [7, 11) is 0. The minimum absolute atomic E-state index is 0.195. The van der Waals surface area contributed by atoms with Crippen LogP contribution in [0.1, 0.15) is 40.4 Å². The van der Waals surface area contributed by atoms with Crippen LogP contribution in [0.5, 0.6) is 0 Å². The molecule has 4 heteroatoms. The summed E-state index contributed by atoms with van der Waals surface area (Å²) >= 11 is 0. The highest BCUT2D eigenvalue weighted by atomic mass is 16.5. The monoisotopic (exact) mass is 351 g/mol. The standard InChI is InChI=1S/C22H25NO3/c1-2-26-22(25)13-17-8-9-20-19(10-17)11-18(12-21(20)24)15-23-14-16-6-4-3-5-7-16/h3-10,18,23H,2,11-15H2,1H3. The predicted molar refractivity (Wildman–Crippen MR) is 101 cm³/mol. The van der Waals surface area contributed by atoms with Gasteiger partial charge in [0.15, 0.2) is 5.78 Å². The second kappa shape index (κ2) is 8.77. The predicted octanol–water partition coefficient (Wildman–Crippen LogP) is 3.33. The third-order valence-electron chi connectivity index (χ3n) is 4.71. The van der Waals surface area contributed by atoms with Gasteiger partial charge in [0, 0.05) is 18.5 Å². The van der Waals surface area contributed by atoms with E-state index in [1.54, 1.807) is 6.92 Å². The Morgan fingerprint density at radius 1 is 1.12 bits per heavy atom. The smallest absolute Gasteiger partial charge is 0.310 e. The molecule has 1 N–H and O–H groups in total. The molecule has 0 saturated carbocycles. The SMILES string of the molecule is CCOC(=O)Cc1ccc2c(c1)CC(CNCc1ccccc1)CC2=O. The lowest BCUT2D eigenvalue weighted by molar-refractivity contribution is -0.142. The summed E-state index contributed by atoms with van der Waals surface area (Å²) in [5.74, 6) is 0.257. The first-order valence-electron chi connectivity index (χ1n) is 9.21. The van der Waals surface area contributed by atoms with Gasteiger partial charge in [-0.25, -0.2) is 0 Å². The van der Waals surface area contributed by atoms with Crippen LogP contribution >= 0.6 is 0 Å². The van der Waals surface area contributed by atoms with Crippen LogP contribution in [0, 0.1) is 5.92 Å². The molecule has 0 amide bonds. The summed E-state index contributed by atoms with van der Waals surface area (Å²) < 4.78 is 5.01.